The minimum Gasteiger partial charge on any atom is -0.466 e. The molecule has 0 saturated heterocycles. The highest BCUT2D eigenvalue weighted by molar-refractivity contribution is 7.89. The number of aromatic nitrogens is 1. The van der Waals surface area contributed by atoms with Gasteiger partial charge in [0, 0.05) is 37.6 Å². The molecule has 2 rings (SSSR count). The van der Waals surface area contributed by atoms with E-state index in [0.29, 0.717) is 30.4 Å². The van der Waals surface area contributed by atoms with Crippen LogP contribution in [0.15, 0.2) is 44.9 Å². The van der Waals surface area contributed by atoms with Crippen molar-refractivity contribution >= 4 is 16.0 Å². The van der Waals surface area contributed by atoms with Gasteiger partial charge in [0.15, 0.2) is 5.96 Å². The molecule has 0 aliphatic heterocycles. The highest BCUT2D eigenvalue weighted by Crippen LogP contribution is 2.27. The van der Waals surface area contributed by atoms with Gasteiger partial charge in [-0.15, -0.1) is 0 Å². The maximum absolute atomic E-state index is 12.2. The standard InChI is InChI=1S/C19H29N5O4S/c1-5-21-18(23-13-19(4,25)17-11-14(2)28-15(17)3)22-9-10-24-29(26,27)16-7-6-8-20-12-16/h6-8,11-12,24-25H,5,9-10,13H2,1-4H3,(H2,21,22,23). The van der Waals surface area contributed by atoms with Gasteiger partial charge in [-0.1, -0.05) is 0 Å². The van der Waals surface area contributed by atoms with Crippen molar-refractivity contribution in [3.05, 3.63) is 47.7 Å². The Hall–Kier alpha value is -2.43. The summed E-state index contributed by atoms with van der Waals surface area (Å²) in [6.45, 7) is 8.45. The topological polar surface area (TPSA) is 129 Å². The molecule has 0 fully saturated rings. The quantitative estimate of drug-likeness (QED) is 0.269. The second kappa shape index (κ2) is 9.86. The molecule has 9 nitrogen and oxygen atoms in total. The number of aryl methyl sites for hydroxylation is 2. The van der Waals surface area contributed by atoms with E-state index < -0.39 is 15.6 Å². The first-order chi connectivity index (χ1) is 13.7. The van der Waals surface area contributed by atoms with Gasteiger partial charge < -0.3 is 20.2 Å². The van der Waals surface area contributed by atoms with Crippen molar-refractivity contribution in [3.8, 4) is 0 Å². The number of rotatable bonds is 9. The predicted molar refractivity (Wildman–Crippen MR) is 111 cm³/mol. The smallest absolute Gasteiger partial charge is 0.242 e. The summed E-state index contributed by atoms with van der Waals surface area (Å²) in [5.41, 5.74) is -0.495. The van der Waals surface area contributed by atoms with Gasteiger partial charge in [0.2, 0.25) is 10.0 Å². The molecular formula is C19H29N5O4S. The van der Waals surface area contributed by atoms with Crippen LogP contribution < -0.4 is 15.4 Å². The number of hydrogen-bond donors (Lipinski definition) is 4. The Bertz CT molecular complexity index is 923. The summed E-state index contributed by atoms with van der Waals surface area (Å²) in [6, 6.07) is 4.85. The van der Waals surface area contributed by atoms with Crippen molar-refractivity contribution in [1.29, 1.82) is 0 Å². The molecule has 0 aliphatic carbocycles. The summed E-state index contributed by atoms with van der Waals surface area (Å²) in [7, 11) is -3.61. The molecule has 1 unspecified atom stereocenters. The van der Waals surface area contributed by atoms with Crippen LogP contribution in [0.1, 0.15) is 30.9 Å². The minimum absolute atomic E-state index is 0.113. The van der Waals surface area contributed by atoms with Gasteiger partial charge in [-0.05, 0) is 45.9 Å². The van der Waals surface area contributed by atoms with E-state index in [1.165, 1.54) is 18.5 Å². The molecule has 0 bridgehead atoms. The van der Waals surface area contributed by atoms with Crippen LogP contribution in [0.4, 0.5) is 0 Å². The van der Waals surface area contributed by atoms with Crippen molar-refractivity contribution in [3.63, 3.8) is 0 Å². The number of furan rings is 1. The third-order valence-electron chi connectivity index (χ3n) is 4.16. The molecule has 0 aromatic carbocycles. The van der Waals surface area contributed by atoms with Gasteiger partial charge in [-0.2, -0.15) is 0 Å². The summed E-state index contributed by atoms with van der Waals surface area (Å²) >= 11 is 0. The number of pyridine rings is 1. The van der Waals surface area contributed by atoms with E-state index in [1.807, 2.05) is 13.8 Å². The molecule has 0 radical (unpaired) electrons. The fourth-order valence-electron chi connectivity index (χ4n) is 2.78. The summed E-state index contributed by atoms with van der Waals surface area (Å²) in [6.07, 6.45) is 2.81. The molecular weight excluding hydrogens is 394 g/mol. The van der Waals surface area contributed by atoms with Crippen LogP contribution in [-0.2, 0) is 15.6 Å². The molecule has 160 valence electrons. The van der Waals surface area contributed by atoms with Crippen LogP contribution in [0.5, 0.6) is 0 Å². The van der Waals surface area contributed by atoms with Gasteiger partial charge in [-0.25, -0.2) is 18.1 Å². The summed E-state index contributed by atoms with van der Waals surface area (Å²) in [5.74, 6) is 1.87. The molecule has 29 heavy (non-hydrogen) atoms. The molecule has 2 heterocycles. The normalized spacial score (nSPS) is 14.4. The Labute approximate surface area is 171 Å². The number of aliphatic imine (C=N–C) groups is 1. The van der Waals surface area contributed by atoms with Crippen LogP contribution in [-0.4, -0.2) is 50.6 Å². The average Bonchev–Trinajstić information content (AvgIpc) is 3.03. The Morgan fingerprint density at radius 3 is 2.66 bits per heavy atom. The molecule has 0 saturated carbocycles. The average molecular weight is 424 g/mol. The fourth-order valence-corrected chi connectivity index (χ4v) is 3.78. The first-order valence-corrected chi connectivity index (χ1v) is 10.9. The van der Waals surface area contributed by atoms with E-state index in [1.54, 1.807) is 26.0 Å². The Balaban J connectivity index is 1.93. The molecule has 0 amide bonds. The zero-order valence-electron chi connectivity index (χ0n) is 17.2. The summed E-state index contributed by atoms with van der Waals surface area (Å²) in [4.78, 5) is 8.35. The number of nitrogens with one attached hydrogen (secondary N) is 3. The molecule has 0 spiro atoms. The minimum atomic E-state index is -3.61. The van der Waals surface area contributed by atoms with Gasteiger partial charge in [0.1, 0.15) is 22.0 Å². The number of guanidine groups is 1. The predicted octanol–water partition coefficient (Wildman–Crippen LogP) is 1.03. The monoisotopic (exact) mass is 423 g/mol. The SMILES string of the molecule is CCNC(=NCC(C)(O)c1cc(C)oc1C)NCCNS(=O)(=O)c1cccnc1. The lowest BCUT2D eigenvalue weighted by atomic mass is 9.96. The maximum Gasteiger partial charge on any atom is 0.242 e. The van der Waals surface area contributed by atoms with Crippen molar-refractivity contribution in [1.82, 2.24) is 20.3 Å². The van der Waals surface area contributed by atoms with Gasteiger partial charge in [-0.3, -0.25) is 4.98 Å². The van der Waals surface area contributed by atoms with E-state index in [-0.39, 0.29) is 18.0 Å². The van der Waals surface area contributed by atoms with Crippen LogP contribution in [0.25, 0.3) is 0 Å². The van der Waals surface area contributed by atoms with E-state index in [0.717, 1.165) is 5.76 Å². The van der Waals surface area contributed by atoms with Crippen molar-refractivity contribution in [2.75, 3.05) is 26.2 Å². The van der Waals surface area contributed by atoms with Crippen LogP contribution >= 0.6 is 0 Å². The third kappa shape index (κ3) is 6.55. The fraction of sp³-hybridized carbons (Fsp3) is 0.474. The Kier molecular flexibility index (Phi) is 7.77. The van der Waals surface area contributed by atoms with Crippen LogP contribution in [0.3, 0.4) is 0 Å². The Morgan fingerprint density at radius 2 is 2.07 bits per heavy atom. The van der Waals surface area contributed by atoms with Gasteiger partial charge in [0.05, 0.1) is 6.54 Å². The highest BCUT2D eigenvalue weighted by atomic mass is 32.2. The summed E-state index contributed by atoms with van der Waals surface area (Å²) in [5, 5.41) is 16.9. The second-order valence-corrected chi connectivity index (χ2v) is 8.58. The van der Waals surface area contributed by atoms with Crippen molar-refractivity contribution < 1.29 is 17.9 Å². The van der Waals surface area contributed by atoms with E-state index in [4.69, 9.17) is 4.42 Å². The number of sulfonamides is 1. The maximum atomic E-state index is 12.2. The molecule has 4 N–H and O–H groups in total. The first kappa shape index (κ1) is 22.9. The number of nitrogens with zero attached hydrogens (tertiary/aromatic N) is 2. The van der Waals surface area contributed by atoms with Gasteiger partial charge >= 0.3 is 0 Å². The molecule has 2 aromatic heterocycles. The lowest BCUT2D eigenvalue weighted by Gasteiger charge is -2.21. The van der Waals surface area contributed by atoms with Crippen LogP contribution in [0.2, 0.25) is 0 Å². The molecule has 10 heteroatoms. The van der Waals surface area contributed by atoms with Crippen molar-refractivity contribution in [2.45, 2.75) is 38.2 Å². The number of aliphatic hydroxyl groups is 1. The second-order valence-electron chi connectivity index (χ2n) is 6.81. The lowest BCUT2D eigenvalue weighted by Crippen LogP contribution is -2.42. The van der Waals surface area contributed by atoms with Crippen molar-refractivity contribution in [2.24, 2.45) is 4.99 Å². The molecule has 0 aliphatic rings. The zero-order valence-corrected chi connectivity index (χ0v) is 18.0. The zero-order chi connectivity index (χ0) is 21.5. The third-order valence-corrected chi connectivity index (χ3v) is 5.61. The summed E-state index contributed by atoms with van der Waals surface area (Å²) < 4.78 is 32.4. The highest BCUT2D eigenvalue weighted by Gasteiger charge is 2.27. The van der Waals surface area contributed by atoms with Crippen LogP contribution in [0, 0.1) is 13.8 Å². The number of hydrogen-bond acceptors (Lipinski definition) is 6. The van der Waals surface area contributed by atoms with E-state index >= 15 is 0 Å². The largest absolute Gasteiger partial charge is 0.466 e. The Morgan fingerprint density at radius 1 is 1.31 bits per heavy atom. The molecule has 2 aromatic rings. The first-order valence-electron chi connectivity index (χ1n) is 9.37. The van der Waals surface area contributed by atoms with Gasteiger partial charge in [0.25, 0.3) is 0 Å². The van der Waals surface area contributed by atoms with E-state index in [9.17, 15) is 13.5 Å². The lowest BCUT2D eigenvalue weighted by molar-refractivity contribution is 0.0657. The van der Waals surface area contributed by atoms with E-state index in [2.05, 4.69) is 25.3 Å². The molecule has 1 atom stereocenters.